The molecule has 0 unspecified atom stereocenters. The van der Waals surface area contributed by atoms with Gasteiger partial charge in [0.2, 0.25) is 5.91 Å². The number of thiazole rings is 1. The zero-order valence-corrected chi connectivity index (χ0v) is 28.3. The molecule has 3 heterocycles. The van der Waals surface area contributed by atoms with Crippen molar-refractivity contribution in [1.29, 1.82) is 0 Å². The number of halogens is 2. The Hall–Kier alpha value is -2.62. The van der Waals surface area contributed by atoms with Crippen molar-refractivity contribution in [2.24, 2.45) is 0 Å². The Morgan fingerprint density at radius 3 is 2.10 bits per heavy atom. The van der Waals surface area contributed by atoms with Crippen molar-refractivity contribution >= 4 is 48.0 Å². The van der Waals surface area contributed by atoms with Crippen LogP contribution in [0, 0.1) is 6.92 Å². The number of imidazole rings is 1. The Morgan fingerprint density at radius 1 is 1.02 bits per heavy atom. The molecule has 1 aliphatic heterocycles. The lowest BCUT2D eigenvalue weighted by Crippen LogP contribution is -2.39. The van der Waals surface area contributed by atoms with Crippen LogP contribution in [0.15, 0.2) is 24.7 Å². The first-order chi connectivity index (χ1) is 18.7. The SMILES string of the molecule is COc1c(C(C)(C)C)cc(-c2ncc(C3CCN(C(=O)Cn4cnc(C)c4CC(=O)O)CC3)s2)cc1C(C)(C)C.Cl.Cl. The Bertz CT molecular complexity index is 1360. The van der Waals surface area contributed by atoms with Crippen molar-refractivity contribution in [1.82, 2.24) is 19.4 Å². The maximum atomic E-state index is 13.0. The van der Waals surface area contributed by atoms with Crippen LogP contribution in [0.25, 0.3) is 10.6 Å². The maximum absolute atomic E-state index is 13.0. The van der Waals surface area contributed by atoms with Gasteiger partial charge in [-0.2, -0.15) is 0 Å². The fourth-order valence-corrected chi connectivity index (χ4v) is 6.44. The molecular weight excluding hydrogens is 595 g/mol. The number of amides is 1. The molecule has 1 aliphatic rings. The number of hydrogen-bond acceptors (Lipinski definition) is 6. The van der Waals surface area contributed by atoms with E-state index >= 15 is 0 Å². The standard InChI is InChI=1S/C31H42N4O4S.2ClH/c1-19-24(15-27(37)38)35(18-33-19)17-26(36)34-11-9-20(10-12-34)25-16-32-29(40-25)21-13-22(30(2,3)4)28(39-8)23(14-21)31(5,6)7;;/h13-14,16,18,20H,9-12,15,17H2,1-8H3,(H,37,38);2*1H. The van der Waals surface area contributed by atoms with Crippen LogP contribution in [0.2, 0.25) is 0 Å². The van der Waals surface area contributed by atoms with E-state index in [9.17, 15) is 14.7 Å². The Balaban J connectivity index is 0.00000308. The number of aryl methyl sites for hydroxylation is 1. The maximum Gasteiger partial charge on any atom is 0.309 e. The lowest BCUT2D eigenvalue weighted by Gasteiger charge is -2.31. The number of nitrogens with zero attached hydrogens (tertiary/aromatic N) is 4. The summed E-state index contributed by atoms with van der Waals surface area (Å²) >= 11 is 1.74. The lowest BCUT2D eigenvalue weighted by molar-refractivity contribution is -0.137. The fraction of sp³-hybridized carbons (Fsp3) is 0.548. The minimum atomic E-state index is -0.930. The molecule has 1 N–H and O–H groups in total. The highest BCUT2D eigenvalue weighted by Gasteiger charge is 2.30. The van der Waals surface area contributed by atoms with E-state index in [1.54, 1.807) is 36.3 Å². The van der Waals surface area contributed by atoms with Crippen molar-refractivity contribution in [3.63, 3.8) is 0 Å². The highest BCUT2D eigenvalue weighted by atomic mass is 35.5. The van der Waals surface area contributed by atoms with Gasteiger partial charge in [-0.3, -0.25) is 9.59 Å². The molecule has 42 heavy (non-hydrogen) atoms. The third kappa shape index (κ3) is 7.85. The summed E-state index contributed by atoms with van der Waals surface area (Å²) < 4.78 is 7.60. The number of carboxylic acid groups (broad SMARTS) is 1. The molecule has 1 amide bonds. The van der Waals surface area contributed by atoms with Crippen molar-refractivity contribution in [3.05, 3.63) is 52.0 Å². The smallest absolute Gasteiger partial charge is 0.309 e. The van der Waals surface area contributed by atoms with Crippen molar-refractivity contribution in [3.8, 4) is 16.3 Å². The summed E-state index contributed by atoms with van der Waals surface area (Å²) in [5.74, 6) is 0.380. The molecule has 0 atom stereocenters. The van der Waals surface area contributed by atoms with Crippen molar-refractivity contribution in [2.45, 2.75) is 91.0 Å². The number of carbonyl (C=O) groups excluding carboxylic acids is 1. The first kappa shape index (κ1) is 35.6. The fourth-order valence-electron chi connectivity index (χ4n) is 5.37. The summed E-state index contributed by atoms with van der Waals surface area (Å²) in [5, 5.41) is 10.2. The van der Waals surface area contributed by atoms with E-state index in [-0.39, 0.29) is 54.5 Å². The van der Waals surface area contributed by atoms with E-state index in [4.69, 9.17) is 9.72 Å². The summed E-state index contributed by atoms with van der Waals surface area (Å²) in [6, 6.07) is 4.46. The predicted molar refractivity (Wildman–Crippen MR) is 173 cm³/mol. The van der Waals surface area contributed by atoms with E-state index in [0.717, 1.165) is 29.2 Å². The largest absolute Gasteiger partial charge is 0.496 e. The second kappa shape index (κ2) is 13.8. The topological polar surface area (TPSA) is 97.5 Å². The van der Waals surface area contributed by atoms with Gasteiger partial charge in [-0.15, -0.1) is 36.2 Å². The Kier molecular flexibility index (Phi) is 11.7. The van der Waals surface area contributed by atoms with Gasteiger partial charge in [0.25, 0.3) is 0 Å². The molecular formula is C31H44Cl2N4O4S. The van der Waals surface area contributed by atoms with Gasteiger partial charge in [-0.05, 0) is 48.6 Å². The molecule has 0 aliphatic carbocycles. The van der Waals surface area contributed by atoms with Gasteiger partial charge in [-0.1, -0.05) is 41.5 Å². The van der Waals surface area contributed by atoms with Crippen molar-refractivity contribution < 1.29 is 19.4 Å². The van der Waals surface area contributed by atoms with Crippen LogP contribution in [-0.4, -0.2) is 56.6 Å². The molecule has 11 heteroatoms. The number of ether oxygens (including phenoxy) is 1. The number of hydrogen-bond donors (Lipinski definition) is 1. The Labute approximate surface area is 265 Å². The molecule has 8 nitrogen and oxygen atoms in total. The van der Waals surface area contributed by atoms with Crippen LogP contribution in [-0.2, 0) is 33.4 Å². The molecule has 232 valence electrons. The molecule has 1 aromatic carbocycles. The molecule has 0 bridgehead atoms. The van der Waals surface area contributed by atoms with Crippen molar-refractivity contribution in [2.75, 3.05) is 20.2 Å². The third-order valence-corrected chi connectivity index (χ3v) is 8.92. The van der Waals surface area contributed by atoms with Gasteiger partial charge in [-0.25, -0.2) is 9.97 Å². The van der Waals surface area contributed by atoms with Gasteiger partial charge >= 0.3 is 5.97 Å². The second-order valence-electron chi connectivity index (χ2n) is 12.8. The number of methoxy groups -OCH3 is 1. The molecule has 1 fully saturated rings. The van der Waals surface area contributed by atoms with E-state index in [1.807, 2.05) is 11.1 Å². The summed E-state index contributed by atoms with van der Waals surface area (Å²) in [4.78, 5) is 36.5. The molecule has 0 radical (unpaired) electrons. The van der Waals surface area contributed by atoms with Crippen LogP contribution < -0.4 is 4.74 Å². The summed E-state index contributed by atoms with van der Waals surface area (Å²) in [6.07, 6.45) is 5.18. The Morgan fingerprint density at radius 2 is 1.60 bits per heavy atom. The molecule has 2 aromatic heterocycles. The van der Waals surface area contributed by atoms with Gasteiger partial charge in [0.1, 0.15) is 17.3 Å². The average Bonchev–Trinajstić information content (AvgIpc) is 3.50. The van der Waals surface area contributed by atoms with Crippen LogP contribution in [0.5, 0.6) is 5.75 Å². The number of piperidine rings is 1. The summed E-state index contributed by atoms with van der Waals surface area (Å²) in [5.41, 5.74) is 4.55. The number of rotatable bonds is 7. The predicted octanol–water partition coefficient (Wildman–Crippen LogP) is 6.80. The number of benzene rings is 1. The second-order valence-corrected chi connectivity index (χ2v) is 13.9. The van der Waals surface area contributed by atoms with Crippen LogP contribution >= 0.6 is 36.2 Å². The third-order valence-electron chi connectivity index (χ3n) is 7.71. The van der Waals surface area contributed by atoms with E-state index < -0.39 is 5.97 Å². The lowest BCUT2D eigenvalue weighted by atomic mass is 9.78. The van der Waals surface area contributed by atoms with Gasteiger partial charge in [0.05, 0.1) is 31.2 Å². The quantitative estimate of drug-likeness (QED) is 0.306. The van der Waals surface area contributed by atoms with Gasteiger partial charge in [0, 0.05) is 40.9 Å². The molecule has 1 saturated heterocycles. The molecule has 0 saturated carbocycles. The van der Waals surface area contributed by atoms with E-state index in [0.29, 0.717) is 30.4 Å². The average molecular weight is 640 g/mol. The first-order valence-corrected chi connectivity index (χ1v) is 14.7. The van der Waals surface area contributed by atoms with E-state index in [2.05, 4.69) is 58.7 Å². The number of carboxylic acids is 1. The molecule has 3 aromatic rings. The molecule has 0 spiro atoms. The number of aromatic nitrogens is 3. The van der Waals surface area contributed by atoms with Crippen LogP contribution in [0.3, 0.4) is 0 Å². The number of carbonyl (C=O) groups is 2. The monoisotopic (exact) mass is 638 g/mol. The highest BCUT2D eigenvalue weighted by molar-refractivity contribution is 7.15. The van der Waals surface area contributed by atoms with Gasteiger partial charge in [0.15, 0.2) is 0 Å². The van der Waals surface area contributed by atoms with Crippen LogP contribution in [0.1, 0.15) is 87.7 Å². The number of aliphatic carboxylic acids is 1. The minimum absolute atomic E-state index is 0. The zero-order chi connectivity index (χ0) is 29.4. The zero-order valence-electron chi connectivity index (χ0n) is 25.8. The number of likely N-dealkylation sites (tertiary alicyclic amines) is 1. The minimum Gasteiger partial charge on any atom is -0.496 e. The van der Waals surface area contributed by atoms with Crippen LogP contribution in [0.4, 0.5) is 0 Å². The molecule has 4 rings (SSSR count). The summed E-state index contributed by atoms with van der Waals surface area (Å²) in [7, 11) is 1.75. The van der Waals surface area contributed by atoms with E-state index in [1.165, 1.54) is 16.0 Å². The normalized spacial score (nSPS) is 14.2. The highest BCUT2D eigenvalue weighted by Crippen LogP contribution is 2.44. The summed E-state index contributed by atoms with van der Waals surface area (Å²) in [6.45, 7) is 16.5. The van der Waals surface area contributed by atoms with Gasteiger partial charge < -0.3 is 19.3 Å². The first-order valence-electron chi connectivity index (χ1n) is 13.9.